The second kappa shape index (κ2) is 23.1. The summed E-state index contributed by atoms with van der Waals surface area (Å²) in [5, 5.41) is 14.7. The molecule has 0 unspecified atom stereocenters. The van der Waals surface area contributed by atoms with Crippen molar-refractivity contribution in [3.05, 3.63) is 77.4 Å². The Balaban J connectivity index is 1.48. The molecule has 0 saturated heterocycles. The molecule has 0 aliphatic carbocycles. The lowest BCUT2D eigenvalue weighted by atomic mass is 10.0. The van der Waals surface area contributed by atoms with Gasteiger partial charge in [0.05, 0.1) is 13.1 Å². The molecular weight excluding hydrogens is 774 g/mol. The molecule has 0 spiro atoms. The molecule has 59 heavy (non-hydrogen) atoms. The highest BCUT2D eigenvalue weighted by molar-refractivity contribution is 6.12. The number of nitrogens with zero attached hydrogens (tertiary/aromatic N) is 1. The van der Waals surface area contributed by atoms with Gasteiger partial charge in [-0.05, 0) is 68.4 Å². The van der Waals surface area contributed by atoms with Gasteiger partial charge in [0.1, 0.15) is 18.7 Å². The minimum Gasteiger partial charge on any atom is -0.445 e. The van der Waals surface area contributed by atoms with Crippen molar-refractivity contribution < 1.29 is 51.9 Å². The minimum atomic E-state index is -3.46. The molecular formula is C40H52F2N8O9. The Labute approximate surface area is 340 Å². The number of imide groups is 1. The number of halogens is 2. The van der Waals surface area contributed by atoms with Gasteiger partial charge in [0, 0.05) is 42.9 Å². The van der Waals surface area contributed by atoms with E-state index in [2.05, 4.69) is 26.6 Å². The zero-order chi connectivity index (χ0) is 43.5. The van der Waals surface area contributed by atoms with E-state index in [-0.39, 0.29) is 68.2 Å². The van der Waals surface area contributed by atoms with Crippen molar-refractivity contribution in [3.8, 4) is 0 Å². The van der Waals surface area contributed by atoms with E-state index in [0.717, 1.165) is 10.5 Å². The lowest BCUT2D eigenvalue weighted by molar-refractivity contribution is -0.137. The van der Waals surface area contributed by atoms with Gasteiger partial charge in [0.2, 0.25) is 17.7 Å². The SMILES string of the molecule is Cc1ccc(C(=O)NCC(F)(F)CNC(=O)OCc2ccc(NC(=O)[C@H](CCCNC(N)=O)NC(=O)[C@@H](NC(=O)CCCCCN3C(=O)C=CC3=O)C(C)C)cc2)cc1. The molecule has 0 saturated carbocycles. The van der Waals surface area contributed by atoms with E-state index in [0.29, 0.717) is 30.5 Å². The van der Waals surface area contributed by atoms with E-state index in [1.165, 1.54) is 48.6 Å². The molecule has 2 aromatic rings. The number of nitrogens with one attached hydrogen (secondary N) is 6. The molecule has 17 nitrogen and oxygen atoms in total. The van der Waals surface area contributed by atoms with Crippen molar-refractivity contribution in [1.29, 1.82) is 0 Å². The van der Waals surface area contributed by atoms with E-state index in [1.54, 1.807) is 26.0 Å². The van der Waals surface area contributed by atoms with Crippen LogP contribution in [0.5, 0.6) is 0 Å². The molecule has 2 aromatic carbocycles. The maximum Gasteiger partial charge on any atom is 0.407 e. The van der Waals surface area contributed by atoms with Crippen LogP contribution in [0.3, 0.4) is 0 Å². The molecule has 1 aliphatic heterocycles. The average Bonchev–Trinajstić information content (AvgIpc) is 3.51. The van der Waals surface area contributed by atoms with Gasteiger partial charge in [-0.15, -0.1) is 0 Å². The number of anilines is 1. The summed E-state index contributed by atoms with van der Waals surface area (Å²) >= 11 is 0. The van der Waals surface area contributed by atoms with Crippen LogP contribution in [0.1, 0.15) is 73.9 Å². The molecule has 19 heteroatoms. The highest BCUT2D eigenvalue weighted by Crippen LogP contribution is 2.15. The van der Waals surface area contributed by atoms with Crippen molar-refractivity contribution >= 4 is 53.3 Å². The Kier molecular flexibility index (Phi) is 18.4. The Morgan fingerprint density at radius 1 is 0.797 bits per heavy atom. The van der Waals surface area contributed by atoms with Crippen LogP contribution in [-0.2, 0) is 35.3 Å². The fourth-order valence-electron chi connectivity index (χ4n) is 5.61. The average molecular weight is 827 g/mol. The van der Waals surface area contributed by atoms with E-state index in [1.807, 2.05) is 12.2 Å². The number of ether oxygens (including phenoxy) is 1. The van der Waals surface area contributed by atoms with Gasteiger partial charge in [0.25, 0.3) is 23.6 Å². The van der Waals surface area contributed by atoms with Crippen LogP contribution in [0.4, 0.5) is 24.1 Å². The summed E-state index contributed by atoms with van der Waals surface area (Å²) in [4.78, 5) is 99.6. The number of benzene rings is 2. The molecule has 2 atom stereocenters. The van der Waals surface area contributed by atoms with Gasteiger partial charge >= 0.3 is 12.1 Å². The van der Waals surface area contributed by atoms with Gasteiger partial charge in [-0.1, -0.05) is 50.1 Å². The first-order valence-corrected chi connectivity index (χ1v) is 19.1. The number of nitrogens with two attached hydrogens (primary N) is 1. The second-order valence-corrected chi connectivity index (χ2v) is 14.3. The zero-order valence-electron chi connectivity index (χ0n) is 33.2. The number of alkyl halides is 2. The van der Waals surface area contributed by atoms with E-state index in [9.17, 15) is 47.1 Å². The molecule has 0 bridgehead atoms. The molecule has 320 valence electrons. The van der Waals surface area contributed by atoms with Crippen LogP contribution in [0.25, 0.3) is 0 Å². The summed E-state index contributed by atoms with van der Waals surface area (Å²) in [5.41, 5.74) is 7.04. The highest BCUT2D eigenvalue weighted by Gasteiger charge is 2.31. The molecule has 1 aliphatic rings. The minimum absolute atomic E-state index is 0.0906. The largest absolute Gasteiger partial charge is 0.445 e. The standard InChI is InChI=1S/C40H52F2N8O9/c1-25(2)34(49-31(51)9-5-4-6-21-50-32(52)18-19-33(50)53)37(56)48-30(8-7-20-44-38(43)57)36(55)47-29-16-12-27(13-17-29)22-59-39(58)46-24-40(41,42)23-45-35(54)28-14-10-26(3)11-15-28/h10-19,25,30,34H,4-9,20-24H2,1-3H3,(H,45,54)(H,46,58)(H,47,55)(H,48,56)(H,49,51)(H3,43,44,57)/t30-,34-/m0/s1. The first kappa shape index (κ1) is 47.0. The number of amides is 9. The smallest absolute Gasteiger partial charge is 0.407 e. The number of alkyl carbamates (subject to hydrolysis) is 1. The summed E-state index contributed by atoms with van der Waals surface area (Å²) in [7, 11) is 0. The van der Waals surface area contributed by atoms with Crippen LogP contribution in [0.2, 0.25) is 0 Å². The number of rotatable bonds is 23. The highest BCUT2D eigenvalue weighted by atomic mass is 19.3. The Morgan fingerprint density at radius 2 is 1.44 bits per heavy atom. The summed E-state index contributed by atoms with van der Waals surface area (Å²) in [5.74, 6) is -6.84. The molecule has 8 N–H and O–H groups in total. The molecule has 0 aromatic heterocycles. The van der Waals surface area contributed by atoms with Gasteiger partial charge in [-0.3, -0.25) is 33.7 Å². The maximum atomic E-state index is 14.3. The van der Waals surface area contributed by atoms with Crippen LogP contribution < -0.4 is 37.6 Å². The Morgan fingerprint density at radius 3 is 2.07 bits per heavy atom. The maximum absolute atomic E-state index is 14.3. The predicted molar refractivity (Wildman–Crippen MR) is 212 cm³/mol. The summed E-state index contributed by atoms with van der Waals surface area (Å²) in [6.45, 7) is 3.27. The quantitative estimate of drug-likeness (QED) is 0.0642. The molecule has 1 heterocycles. The van der Waals surface area contributed by atoms with Crippen molar-refractivity contribution in [2.75, 3.05) is 31.5 Å². The Hall–Kier alpha value is -6.40. The van der Waals surface area contributed by atoms with E-state index < -0.39 is 60.9 Å². The number of urea groups is 1. The third-order valence-electron chi connectivity index (χ3n) is 8.96. The lowest BCUT2D eigenvalue weighted by Gasteiger charge is -2.25. The van der Waals surface area contributed by atoms with Crippen molar-refractivity contribution in [2.24, 2.45) is 11.7 Å². The number of hydrogen-bond acceptors (Lipinski definition) is 9. The van der Waals surface area contributed by atoms with Gasteiger partial charge in [-0.25, -0.2) is 18.4 Å². The fourth-order valence-corrected chi connectivity index (χ4v) is 5.61. The predicted octanol–water partition coefficient (Wildman–Crippen LogP) is 2.78. The second-order valence-electron chi connectivity index (χ2n) is 14.3. The molecule has 3 rings (SSSR count). The van der Waals surface area contributed by atoms with Crippen molar-refractivity contribution in [2.45, 2.75) is 83.9 Å². The third kappa shape index (κ3) is 16.9. The summed E-state index contributed by atoms with van der Waals surface area (Å²) < 4.78 is 33.7. The number of primary amides is 1. The number of unbranched alkanes of at least 4 members (excludes halogenated alkanes) is 2. The van der Waals surface area contributed by atoms with Crippen LogP contribution in [0, 0.1) is 12.8 Å². The van der Waals surface area contributed by atoms with E-state index in [4.69, 9.17) is 10.5 Å². The van der Waals surface area contributed by atoms with Crippen LogP contribution in [-0.4, -0.2) is 96.7 Å². The Bertz CT molecular complexity index is 1820. The van der Waals surface area contributed by atoms with E-state index >= 15 is 0 Å². The van der Waals surface area contributed by atoms with Gasteiger partial charge < -0.3 is 42.4 Å². The fraction of sp³-hybridized carbons (Fsp3) is 0.450. The first-order valence-electron chi connectivity index (χ1n) is 19.1. The normalized spacial score (nSPS) is 13.4. The number of hydrogen-bond donors (Lipinski definition) is 7. The van der Waals surface area contributed by atoms with Crippen LogP contribution >= 0.6 is 0 Å². The van der Waals surface area contributed by atoms with Gasteiger partial charge in [-0.2, -0.15) is 0 Å². The summed E-state index contributed by atoms with van der Waals surface area (Å²) in [6, 6.07) is 9.59. The number of carbonyl (C=O) groups is 8. The molecule has 9 amide bonds. The van der Waals surface area contributed by atoms with Crippen LogP contribution in [0.15, 0.2) is 60.7 Å². The van der Waals surface area contributed by atoms with Gasteiger partial charge in [0.15, 0.2) is 0 Å². The molecule has 0 fully saturated rings. The third-order valence-corrected chi connectivity index (χ3v) is 8.96. The zero-order valence-corrected chi connectivity index (χ0v) is 33.2. The first-order chi connectivity index (χ1) is 27.9. The number of carbonyl (C=O) groups excluding carboxylic acids is 8. The monoisotopic (exact) mass is 826 g/mol. The topological polar surface area (TPSA) is 247 Å². The lowest BCUT2D eigenvalue weighted by Crippen LogP contribution is -2.54. The number of aryl methyl sites for hydroxylation is 1. The van der Waals surface area contributed by atoms with Crippen molar-refractivity contribution in [1.82, 2.24) is 31.5 Å². The molecule has 0 radical (unpaired) electrons. The van der Waals surface area contributed by atoms with Crippen molar-refractivity contribution in [3.63, 3.8) is 0 Å². The summed E-state index contributed by atoms with van der Waals surface area (Å²) in [6.07, 6.45) is 3.28.